The Bertz CT molecular complexity index is 500. The second-order valence-electron chi connectivity index (χ2n) is 4.08. The quantitative estimate of drug-likeness (QED) is 0.653. The minimum absolute atomic E-state index is 0.184. The third-order valence-electron chi connectivity index (χ3n) is 2.49. The summed E-state index contributed by atoms with van der Waals surface area (Å²) in [6.45, 7) is 5.89. The molecular formula is C12H14N2O4S. The molecule has 7 heteroatoms. The molecule has 6 nitrogen and oxygen atoms in total. The third-order valence-corrected chi connectivity index (χ3v) is 3.29. The molecule has 1 aliphatic heterocycles. The summed E-state index contributed by atoms with van der Waals surface area (Å²) in [5.74, 6) is -1.11. The molecule has 0 bridgehead atoms. The molecule has 0 radical (unpaired) electrons. The van der Waals surface area contributed by atoms with Gasteiger partial charge >= 0.3 is 11.9 Å². The number of thiazole rings is 1. The fraction of sp³-hybridized carbons (Fsp3) is 0.417. The van der Waals surface area contributed by atoms with Gasteiger partial charge in [0.05, 0.1) is 0 Å². The molecule has 2 atom stereocenters. The lowest BCUT2D eigenvalue weighted by atomic mass is 10.2. The number of ether oxygens (including phenoxy) is 2. The molecule has 2 rings (SSSR count). The van der Waals surface area contributed by atoms with Crippen molar-refractivity contribution in [3.05, 3.63) is 23.7 Å². The highest BCUT2D eigenvalue weighted by Gasteiger charge is 2.35. The van der Waals surface area contributed by atoms with Gasteiger partial charge in [0.15, 0.2) is 10.8 Å². The Labute approximate surface area is 114 Å². The number of aromatic nitrogens is 1. The van der Waals surface area contributed by atoms with Crippen LogP contribution in [0.5, 0.6) is 0 Å². The van der Waals surface area contributed by atoms with Crippen LogP contribution >= 0.6 is 11.3 Å². The molecular weight excluding hydrogens is 268 g/mol. The van der Waals surface area contributed by atoms with E-state index < -0.39 is 18.0 Å². The minimum Gasteiger partial charge on any atom is -0.460 e. The van der Waals surface area contributed by atoms with Crippen molar-refractivity contribution >= 4 is 28.4 Å². The molecule has 19 heavy (non-hydrogen) atoms. The average Bonchev–Trinajstić information content (AvgIpc) is 2.94. The van der Waals surface area contributed by atoms with Gasteiger partial charge in [-0.3, -0.25) is 0 Å². The number of anilines is 1. The number of esters is 2. The van der Waals surface area contributed by atoms with E-state index in [1.54, 1.807) is 18.4 Å². The number of nitrogens with one attached hydrogen (secondary N) is 1. The fourth-order valence-electron chi connectivity index (χ4n) is 1.61. The van der Waals surface area contributed by atoms with Gasteiger partial charge in [-0.15, -0.1) is 17.9 Å². The number of carbonyl (C=O) groups excluding carboxylic acids is 2. The normalized spacial score (nSPS) is 21.8. The maximum Gasteiger partial charge on any atom is 0.358 e. The Hall–Kier alpha value is -1.89. The van der Waals surface area contributed by atoms with Crippen molar-refractivity contribution in [1.82, 2.24) is 4.98 Å². The SMILES string of the molecule is C=CCNc1nc(C(=O)OC2CC(C)OC2=O)cs1. The number of hydrogen-bond donors (Lipinski definition) is 1. The summed E-state index contributed by atoms with van der Waals surface area (Å²) in [6, 6.07) is 0. The van der Waals surface area contributed by atoms with Gasteiger partial charge < -0.3 is 14.8 Å². The van der Waals surface area contributed by atoms with Gasteiger partial charge in [-0.05, 0) is 6.92 Å². The summed E-state index contributed by atoms with van der Waals surface area (Å²) in [4.78, 5) is 27.2. The highest BCUT2D eigenvalue weighted by Crippen LogP contribution is 2.20. The second kappa shape index (κ2) is 5.83. The van der Waals surface area contributed by atoms with E-state index >= 15 is 0 Å². The van der Waals surface area contributed by atoms with Crippen molar-refractivity contribution in [2.24, 2.45) is 0 Å². The predicted molar refractivity (Wildman–Crippen MR) is 70.2 cm³/mol. The molecule has 1 fully saturated rings. The summed E-state index contributed by atoms with van der Waals surface area (Å²) in [7, 11) is 0. The Balaban J connectivity index is 1.94. The monoisotopic (exact) mass is 282 g/mol. The maximum absolute atomic E-state index is 11.8. The molecule has 1 aromatic heterocycles. The Morgan fingerprint density at radius 1 is 1.79 bits per heavy atom. The number of cyclic esters (lactones) is 1. The highest BCUT2D eigenvalue weighted by atomic mass is 32.1. The van der Waals surface area contributed by atoms with Crippen LogP contribution in [0.25, 0.3) is 0 Å². The first-order chi connectivity index (χ1) is 9.10. The summed E-state index contributed by atoms with van der Waals surface area (Å²) in [6.07, 6.45) is 1.03. The third kappa shape index (κ3) is 3.31. The van der Waals surface area contributed by atoms with Crippen molar-refractivity contribution < 1.29 is 19.1 Å². The highest BCUT2D eigenvalue weighted by molar-refractivity contribution is 7.13. The van der Waals surface area contributed by atoms with Crippen molar-refractivity contribution in [3.8, 4) is 0 Å². The predicted octanol–water partition coefficient (Wildman–Crippen LogP) is 1.60. The van der Waals surface area contributed by atoms with Crippen LogP contribution < -0.4 is 5.32 Å². The number of nitrogens with zero attached hydrogens (tertiary/aromatic N) is 1. The van der Waals surface area contributed by atoms with E-state index in [1.165, 1.54) is 11.3 Å². The van der Waals surface area contributed by atoms with E-state index in [9.17, 15) is 9.59 Å². The summed E-state index contributed by atoms with van der Waals surface area (Å²) >= 11 is 1.29. The summed E-state index contributed by atoms with van der Waals surface area (Å²) in [5, 5.41) is 5.16. The largest absolute Gasteiger partial charge is 0.460 e. The first-order valence-electron chi connectivity index (χ1n) is 5.82. The Morgan fingerprint density at radius 3 is 3.21 bits per heavy atom. The number of hydrogen-bond acceptors (Lipinski definition) is 7. The van der Waals surface area contributed by atoms with Crippen LogP contribution in [0.2, 0.25) is 0 Å². The lowest BCUT2D eigenvalue weighted by molar-refractivity contribution is -0.147. The molecule has 0 amide bonds. The lowest BCUT2D eigenvalue weighted by Crippen LogP contribution is -2.22. The van der Waals surface area contributed by atoms with Crippen LogP contribution in [0.4, 0.5) is 5.13 Å². The zero-order valence-electron chi connectivity index (χ0n) is 10.4. The van der Waals surface area contributed by atoms with Gasteiger partial charge in [-0.1, -0.05) is 6.08 Å². The Kier molecular flexibility index (Phi) is 4.16. The van der Waals surface area contributed by atoms with Crippen LogP contribution in [0, 0.1) is 0 Å². The molecule has 1 N–H and O–H groups in total. The van der Waals surface area contributed by atoms with Crippen LogP contribution in [-0.2, 0) is 14.3 Å². The first-order valence-corrected chi connectivity index (χ1v) is 6.70. The first kappa shape index (κ1) is 13.5. The lowest BCUT2D eigenvalue weighted by Gasteiger charge is -2.06. The van der Waals surface area contributed by atoms with Gasteiger partial charge in [0.1, 0.15) is 6.10 Å². The van der Waals surface area contributed by atoms with Crippen molar-refractivity contribution in [2.75, 3.05) is 11.9 Å². The Morgan fingerprint density at radius 2 is 2.58 bits per heavy atom. The zero-order chi connectivity index (χ0) is 13.8. The van der Waals surface area contributed by atoms with E-state index in [2.05, 4.69) is 16.9 Å². The van der Waals surface area contributed by atoms with E-state index in [1.807, 2.05) is 0 Å². The maximum atomic E-state index is 11.8. The molecule has 0 aromatic carbocycles. The molecule has 0 aliphatic carbocycles. The number of rotatable bonds is 5. The number of carbonyl (C=O) groups is 2. The molecule has 1 aliphatic rings. The van der Waals surface area contributed by atoms with Crippen LogP contribution in [0.15, 0.2) is 18.0 Å². The smallest absolute Gasteiger partial charge is 0.358 e. The summed E-state index contributed by atoms with van der Waals surface area (Å²) < 4.78 is 9.99. The van der Waals surface area contributed by atoms with Crippen molar-refractivity contribution in [3.63, 3.8) is 0 Å². The van der Waals surface area contributed by atoms with Gasteiger partial charge in [-0.25, -0.2) is 14.6 Å². The van der Waals surface area contributed by atoms with E-state index in [4.69, 9.17) is 9.47 Å². The van der Waals surface area contributed by atoms with Gasteiger partial charge in [0.2, 0.25) is 6.10 Å². The van der Waals surface area contributed by atoms with Crippen molar-refractivity contribution in [2.45, 2.75) is 25.6 Å². The van der Waals surface area contributed by atoms with Gasteiger partial charge in [-0.2, -0.15) is 0 Å². The molecule has 1 aromatic rings. The average molecular weight is 282 g/mol. The van der Waals surface area contributed by atoms with Crippen LogP contribution in [-0.4, -0.2) is 35.7 Å². The zero-order valence-corrected chi connectivity index (χ0v) is 11.2. The van der Waals surface area contributed by atoms with Crippen molar-refractivity contribution in [1.29, 1.82) is 0 Å². The molecule has 102 valence electrons. The van der Waals surface area contributed by atoms with Crippen LogP contribution in [0.3, 0.4) is 0 Å². The van der Waals surface area contributed by atoms with E-state index in [0.717, 1.165) is 0 Å². The summed E-state index contributed by atoms with van der Waals surface area (Å²) in [5.41, 5.74) is 0.184. The van der Waals surface area contributed by atoms with E-state index in [-0.39, 0.29) is 11.8 Å². The standard InChI is InChI=1S/C12H14N2O4S/c1-3-4-13-12-14-8(6-19-12)10(15)18-9-5-7(2)17-11(9)16/h3,6-7,9H,1,4-5H2,2H3,(H,13,14). The molecule has 1 saturated heterocycles. The molecule has 0 spiro atoms. The minimum atomic E-state index is -0.825. The van der Waals surface area contributed by atoms with E-state index in [0.29, 0.717) is 18.1 Å². The second-order valence-corrected chi connectivity index (χ2v) is 4.94. The molecule has 2 unspecified atom stereocenters. The molecule has 0 saturated carbocycles. The van der Waals surface area contributed by atoms with Gasteiger partial charge in [0.25, 0.3) is 0 Å². The molecule has 2 heterocycles. The topological polar surface area (TPSA) is 77.5 Å². The fourth-order valence-corrected chi connectivity index (χ4v) is 2.30. The van der Waals surface area contributed by atoms with Crippen LogP contribution in [0.1, 0.15) is 23.8 Å². The van der Waals surface area contributed by atoms with Gasteiger partial charge in [0, 0.05) is 18.3 Å².